The van der Waals surface area contributed by atoms with E-state index in [0.29, 0.717) is 25.5 Å². The highest BCUT2D eigenvalue weighted by molar-refractivity contribution is 14.0. The van der Waals surface area contributed by atoms with E-state index in [-0.39, 0.29) is 47.8 Å². The molecule has 2 rings (SSSR count). The molecule has 1 aliphatic heterocycles. The Morgan fingerprint density at radius 1 is 1.31 bits per heavy atom. The molecule has 2 atom stereocenters. The molecule has 1 aromatic rings. The number of halogens is 1. The highest BCUT2D eigenvalue weighted by Crippen LogP contribution is 2.13. The number of carbonyl (C=O) groups is 2. The Hall–Kier alpha value is -1.84. The second-order valence-corrected chi connectivity index (χ2v) is 7.25. The van der Waals surface area contributed by atoms with Crippen LogP contribution in [0.3, 0.4) is 0 Å². The number of benzene rings is 1. The molecule has 2 amide bonds. The molecule has 0 aliphatic carbocycles. The minimum atomic E-state index is -0.00428. The third-order valence-electron chi connectivity index (χ3n) is 5.12. The van der Waals surface area contributed by atoms with Crippen molar-refractivity contribution in [2.45, 2.75) is 52.6 Å². The monoisotopic (exact) mass is 515 g/mol. The van der Waals surface area contributed by atoms with Crippen molar-refractivity contribution in [3.63, 3.8) is 0 Å². The van der Waals surface area contributed by atoms with E-state index in [9.17, 15) is 9.59 Å². The molecular weight excluding hydrogens is 481 g/mol. The third kappa shape index (κ3) is 7.83. The van der Waals surface area contributed by atoms with Crippen molar-refractivity contribution in [2.24, 2.45) is 10.9 Å². The van der Waals surface area contributed by atoms with Crippen molar-refractivity contribution in [3.8, 4) is 0 Å². The van der Waals surface area contributed by atoms with Crippen LogP contribution in [0, 0.1) is 5.92 Å². The average Bonchev–Trinajstić information content (AvgIpc) is 3.18. The molecule has 1 aromatic carbocycles. The highest BCUT2D eigenvalue weighted by Gasteiger charge is 2.25. The van der Waals surface area contributed by atoms with Crippen LogP contribution < -0.4 is 16.0 Å². The summed E-state index contributed by atoms with van der Waals surface area (Å²) >= 11 is 0. The number of likely N-dealkylation sites (tertiary alicyclic amines) is 1. The Labute approximate surface area is 191 Å². The predicted molar refractivity (Wildman–Crippen MR) is 129 cm³/mol. The van der Waals surface area contributed by atoms with Gasteiger partial charge in [-0.3, -0.25) is 14.6 Å². The number of rotatable bonds is 7. The van der Waals surface area contributed by atoms with Crippen LogP contribution in [0.25, 0.3) is 0 Å². The first-order valence-electron chi connectivity index (χ1n) is 10.1. The van der Waals surface area contributed by atoms with Crippen LogP contribution in [-0.2, 0) is 16.1 Å². The maximum Gasteiger partial charge on any atom is 0.227 e. The van der Waals surface area contributed by atoms with Crippen LogP contribution in [-0.4, -0.2) is 48.9 Å². The zero-order valence-corrected chi connectivity index (χ0v) is 20.2. The van der Waals surface area contributed by atoms with Gasteiger partial charge < -0.3 is 20.9 Å². The Kier molecular flexibility index (Phi) is 11.0. The predicted octanol–water partition coefficient (Wildman–Crippen LogP) is 2.97. The zero-order chi connectivity index (χ0) is 20.5. The maximum absolute atomic E-state index is 12.1. The number of nitrogens with one attached hydrogen (secondary N) is 3. The molecule has 0 saturated carbocycles. The summed E-state index contributed by atoms with van der Waals surface area (Å²) in [7, 11) is 1.74. The molecule has 8 heteroatoms. The van der Waals surface area contributed by atoms with Crippen LogP contribution in [0.15, 0.2) is 29.3 Å². The van der Waals surface area contributed by atoms with E-state index in [0.717, 1.165) is 30.6 Å². The summed E-state index contributed by atoms with van der Waals surface area (Å²) in [4.78, 5) is 30.1. The first-order chi connectivity index (χ1) is 13.5. The van der Waals surface area contributed by atoms with Crippen molar-refractivity contribution in [3.05, 3.63) is 29.8 Å². The average molecular weight is 515 g/mol. The van der Waals surface area contributed by atoms with Gasteiger partial charge in [-0.05, 0) is 30.5 Å². The van der Waals surface area contributed by atoms with Gasteiger partial charge in [0, 0.05) is 50.7 Å². The Balaban J connectivity index is 0.00000420. The summed E-state index contributed by atoms with van der Waals surface area (Å²) in [5.74, 6) is 0.946. The lowest BCUT2D eigenvalue weighted by Crippen LogP contribution is -2.44. The molecule has 1 fully saturated rings. The van der Waals surface area contributed by atoms with Crippen LogP contribution >= 0.6 is 24.0 Å². The number of hydrogen-bond acceptors (Lipinski definition) is 3. The number of anilines is 1. The third-order valence-corrected chi connectivity index (χ3v) is 5.12. The van der Waals surface area contributed by atoms with Gasteiger partial charge in [-0.25, -0.2) is 0 Å². The van der Waals surface area contributed by atoms with E-state index in [1.807, 2.05) is 49.9 Å². The summed E-state index contributed by atoms with van der Waals surface area (Å²) in [6.45, 7) is 7.92. The molecule has 0 spiro atoms. The van der Waals surface area contributed by atoms with Crippen molar-refractivity contribution in [2.75, 3.05) is 25.5 Å². The molecular formula is C21H34IN5O2. The summed E-state index contributed by atoms with van der Waals surface area (Å²) in [5, 5.41) is 9.66. The largest absolute Gasteiger partial charge is 0.352 e. The van der Waals surface area contributed by atoms with E-state index in [2.05, 4.69) is 20.9 Å². The fraction of sp³-hybridized carbons (Fsp3) is 0.571. The molecule has 0 bridgehead atoms. The Morgan fingerprint density at radius 3 is 2.72 bits per heavy atom. The number of carbonyl (C=O) groups excluding carboxylic acids is 2. The van der Waals surface area contributed by atoms with Crippen LogP contribution in [0.2, 0.25) is 0 Å². The van der Waals surface area contributed by atoms with Gasteiger partial charge >= 0.3 is 0 Å². The molecule has 3 N–H and O–H groups in total. The van der Waals surface area contributed by atoms with Crippen LogP contribution in [0.5, 0.6) is 0 Å². The number of amides is 2. The summed E-state index contributed by atoms with van der Waals surface area (Å²) in [6, 6.07) is 8.02. The first-order valence-corrected chi connectivity index (χ1v) is 10.1. The quantitative estimate of drug-likeness (QED) is 0.296. The normalized spacial score (nSPS) is 17.3. The van der Waals surface area contributed by atoms with Gasteiger partial charge in [-0.15, -0.1) is 24.0 Å². The van der Waals surface area contributed by atoms with Gasteiger partial charge in [0.1, 0.15) is 0 Å². The maximum atomic E-state index is 12.1. The Bertz CT molecular complexity index is 710. The number of guanidine groups is 1. The second-order valence-electron chi connectivity index (χ2n) is 7.25. The van der Waals surface area contributed by atoms with E-state index < -0.39 is 0 Å². The van der Waals surface area contributed by atoms with E-state index in [4.69, 9.17) is 0 Å². The van der Waals surface area contributed by atoms with Gasteiger partial charge in [0.25, 0.3) is 0 Å². The molecule has 1 heterocycles. The smallest absolute Gasteiger partial charge is 0.227 e. The van der Waals surface area contributed by atoms with Gasteiger partial charge in [-0.1, -0.05) is 32.9 Å². The lowest BCUT2D eigenvalue weighted by atomic mass is 10.1. The molecule has 1 aliphatic rings. The summed E-state index contributed by atoms with van der Waals surface area (Å²) in [6.07, 6.45) is 2.28. The molecule has 0 radical (unpaired) electrons. The molecule has 1 saturated heterocycles. The van der Waals surface area contributed by atoms with Crippen molar-refractivity contribution in [1.82, 2.24) is 15.5 Å². The molecule has 7 nitrogen and oxygen atoms in total. The SMILES string of the molecule is CCC(=O)N1CCC(NC(=NC)NCc2cccc(NC(=O)C(C)CC)c2)C1.I. The van der Waals surface area contributed by atoms with Crippen LogP contribution in [0.4, 0.5) is 5.69 Å². The zero-order valence-electron chi connectivity index (χ0n) is 17.8. The van der Waals surface area contributed by atoms with Crippen molar-refractivity contribution in [1.29, 1.82) is 0 Å². The van der Waals surface area contributed by atoms with Crippen molar-refractivity contribution < 1.29 is 9.59 Å². The van der Waals surface area contributed by atoms with Gasteiger partial charge in [0.05, 0.1) is 0 Å². The lowest BCUT2D eigenvalue weighted by molar-refractivity contribution is -0.129. The highest BCUT2D eigenvalue weighted by atomic mass is 127. The van der Waals surface area contributed by atoms with Crippen LogP contribution in [0.1, 0.15) is 45.6 Å². The van der Waals surface area contributed by atoms with Gasteiger partial charge in [0.2, 0.25) is 11.8 Å². The molecule has 29 heavy (non-hydrogen) atoms. The van der Waals surface area contributed by atoms with E-state index in [1.165, 1.54) is 0 Å². The molecule has 0 aromatic heterocycles. The van der Waals surface area contributed by atoms with Gasteiger partial charge in [-0.2, -0.15) is 0 Å². The minimum absolute atomic E-state index is 0. The van der Waals surface area contributed by atoms with Crippen molar-refractivity contribution >= 4 is 47.4 Å². The number of nitrogens with zero attached hydrogens (tertiary/aromatic N) is 2. The van der Waals surface area contributed by atoms with E-state index in [1.54, 1.807) is 7.05 Å². The fourth-order valence-electron chi connectivity index (χ4n) is 3.11. The summed E-state index contributed by atoms with van der Waals surface area (Å²) < 4.78 is 0. The molecule has 162 valence electrons. The summed E-state index contributed by atoms with van der Waals surface area (Å²) in [5.41, 5.74) is 1.86. The lowest BCUT2D eigenvalue weighted by Gasteiger charge is -2.19. The van der Waals surface area contributed by atoms with E-state index >= 15 is 0 Å². The Morgan fingerprint density at radius 2 is 2.07 bits per heavy atom. The number of aliphatic imine (C=N–C) groups is 1. The number of hydrogen-bond donors (Lipinski definition) is 3. The molecule has 2 unspecified atom stereocenters. The standard InChI is InChI=1S/C21H33N5O2.HI/c1-5-15(3)20(28)24-17-9-7-8-16(12-17)13-23-21(22-4)25-18-10-11-26(14-18)19(27)6-2;/h7-9,12,15,18H,5-6,10-11,13-14H2,1-4H3,(H,24,28)(H2,22,23,25);1H. The minimum Gasteiger partial charge on any atom is -0.352 e. The first kappa shape index (κ1) is 25.2. The fourth-order valence-corrected chi connectivity index (χ4v) is 3.11. The van der Waals surface area contributed by atoms with Gasteiger partial charge in [0.15, 0.2) is 5.96 Å². The second kappa shape index (κ2) is 12.7. The topological polar surface area (TPSA) is 85.8 Å².